The topological polar surface area (TPSA) is 75.7 Å². The molecule has 1 aromatic rings. The fraction of sp³-hybridized carbons (Fsp3) is 0.471. The van der Waals surface area contributed by atoms with Crippen molar-refractivity contribution < 1.29 is 19.1 Å². The number of carbonyl (C=O) groups is 3. The summed E-state index contributed by atoms with van der Waals surface area (Å²) in [6.45, 7) is 3.87. The van der Waals surface area contributed by atoms with Gasteiger partial charge < -0.3 is 15.0 Å². The van der Waals surface area contributed by atoms with E-state index in [1.54, 1.807) is 34.9 Å². The van der Waals surface area contributed by atoms with E-state index in [0.29, 0.717) is 23.4 Å². The zero-order valence-electron chi connectivity index (χ0n) is 13.9. The Bertz CT molecular complexity index is 721. The van der Waals surface area contributed by atoms with Crippen molar-refractivity contribution in [2.24, 2.45) is 0 Å². The fourth-order valence-electron chi connectivity index (χ4n) is 3.23. The number of thioether (sulfide) groups is 1. The molecule has 2 fully saturated rings. The van der Waals surface area contributed by atoms with Crippen molar-refractivity contribution in [2.45, 2.75) is 37.6 Å². The first-order valence-electron chi connectivity index (χ1n) is 7.82. The van der Waals surface area contributed by atoms with E-state index < -0.39 is 12.0 Å². The molecule has 0 spiro atoms. The van der Waals surface area contributed by atoms with E-state index >= 15 is 0 Å². The van der Waals surface area contributed by atoms with Crippen molar-refractivity contribution in [3.63, 3.8) is 0 Å². The fourth-order valence-corrected chi connectivity index (χ4v) is 4.66. The molecule has 2 heterocycles. The van der Waals surface area contributed by atoms with E-state index in [9.17, 15) is 14.4 Å². The molecule has 0 unspecified atom stereocenters. The molecule has 6 nitrogen and oxygen atoms in total. The molecule has 7 heteroatoms. The molecular weight excluding hydrogens is 328 g/mol. The van der Waals surface area contributed by atoms with Gasteiger partial charge in [0.2, 0.25) is 11.8 Å². The Hall–Kier alpha value is -2.02. The van der Waals surface area contributed by atoms with Crippen LogP contribution in [-0.2, 0) is 14.3 Å². The number of nitrogens with one attached hydrogen (secondary N) is 1. The number of anilines is 1. The van der Waals surface area contributed by atoms with Crippen LogP contribution in [0.15, 0.2) is 18.2 Å². The second kappa shape index (κ2) is 6.12. The number of benzene rings is 1. The van der Waals surface area contributed by atoms with Gasteiger partial charge in [-0.1, -0.05) is 6.07 Å². The Morgan fingerprint density at radius 3 is 2.88 bits per heavy atom. The van der Waals surface area contributed by atoms with Crippen LogP contribution in [0.2, 0.25) is 0 Å². The van der Waals surface area contributed by atoms with Gasteiger partial charge in [0.15, 0.2) is 0 Å². The first kappa shape index (κ1) is 16.8. The highest BCUT2D eigenvalue weighted by molar-refractivity contribution is 8.01. The van der Waals surface area contributed by atoms with Gasteiger partial charge in [-0.15, -0.1) is 11.8 Å². The smallest absolute Gasteiger partial charge is 0.337 e. The predicted molar refractivity (Wildman–Crippen MR) is 91.9 cm³/mol. The Morgan fingerprint density at radius 1 is 1.42 bits per heavy atom. The molecule has 1 N–H and O–H groups in total. The number of esters is 1. The van der Waals surface area contributed by atoms with Crippen molar-refractivity contribution in [1.29, 1.82) is 0 Å². The largest absolute Gasteiger partial charge is 0.465 e. The van der Waals surface area contributed by atoms with Crippen LogP contribution in [0.3, 0.4) is 0 Å². The van der Waals surface area contributed by atoms with Crippen LogP contribution >= 0.6 is 11.8 Å². The summed E-state index contributed by atoms with van der Waals surface area (Å²) in [7, 11) is 1.32. The highest BCUT2D eigenvalue weighted by Crippen LogP contribution is 2.47. The van der Waals surface area contributed by atoms with E-state index in [2.05, 4.69) is 5.32 Å². The number of fused-ring (bicyclic) bond motifs is 1. The lowest BCUT2D eigenvalue weighted by atomic mass is 10.1. The van der Waals surface area contributed by atoms with Crippen LogP contribution in [0.25, 0.3) is 0 Å². The van der Waals surface area contributed by atoms with Crippen LogP contribution in [0.4, 0.5) is 5.69 Å². The number of aryl methyl sites for hydroxylation is 1. The van der Waals surface area contributed by atoms with E-state index in [1.165, 1.54) is 7.11 Å². The highest BCUT2D eigenvalue weighted by Gasteiger charge is 2.52. The first-order chi connectivity index (χ1) is 11.4. The van der Waals surface area contributed by atoms with Crippen LogP contribution in [0.5, 0.6) is 0 Å². The zero-order chi connectivity index (χ0) is 17.5. The maximum atomic E-state index is 12.7. The molecule has 2 amide bonds. The molecule has 0 aliphatic carbocycles. The number of methoxy groups -OCH3 is 1. The molecule has 2 aliphatic heterocycles. The molecule has 2 aliphatic rings. The molecule has 2 saturated heterocycles. The van der Waals surface area contributed by atoms with E-state index in [4.69, 9.17) is 4.74 Å². The second-order valence-electron chi connectivity index (χ2n) is 6.28. The minimum absolute atomic E-state index is 0.0303. The third-order valence-electron chi connectivity index (χ3n) is 4.66. The van der Waals surface area contributed by atoms with Gasteiger partial charge in [0.05, 0.1) is 17.5 Å². The molecule has 3 rings (SSSR count). The maximum Gasteiger partial charge on any atom is 0.337 e. The summed E-state index contributed by atoms with van der Waals surface area (Å²) in [6, 6.07) is 4.54. The van der Waals surface area contributed by atoms with Crippen LogP contribution in [-0.4, -0.2) is 46.5 Å². The number of nitrogens with zero attached hydrogens (tertiary/aromatic N) is 1. The Morgan fingerprint density at radius 2 is 2.17 bits per heavy atom. The van der Waals surface area contributed by atoms with Crippen LogP contribution < -0.4 is 5.32 Å². The summed E-state index contributed by atoms with van der Waals surface area (Å²) >= 11 is 1.65. The quantitative estimate of drug-likeness (QED) is 0.848. The van der Waals surface area contributed by atoms with Gasteiger partial charge in [0, 0.05) is 17.9 Å². The minimum atomic E-state index is -0.476. The summed E-state index contributed by atoms with van der Waals surface area (Å²) in [5.74, 6) is -0.0532. The third-order valence-corrected chi connectivity index (χ3v) is 6.17. The molecule has 0 bridgehead atoms. The van der Waals surface area contributed by atoms with Gasteiger partial charge in [-0.25, -0.2) is 4.79 Å². The SMILES string of the molecule is COC(=O)c1ccc(C)c(NC(=O)[C@@H]2CS[C@]3(C)CCC(=O)N23)c1. The second-order valence-corrected chi connectivity index (χ2v) is 7.78. The normalized spacial score (nSPS) is 25.5. The lowest BCUT2D eigenvalue weighted by molar-refractivity contribution is -0.135. The Labute approximate surface area is 144 Å². The van der Waals surface area contributed by atoms with Gasteiger partial charge >= 0.3 is 5.97 Å². The maximum absolute atomic E-state index is 12.7. The highest BCUT2D eigenvalue weighted by atomic mass is 32.2. The Kier molecular flexibility index (Phi) is 4.29. The van der Waals surface area contributed by atoms with E-state index in [1.807, 2.05) is 13.8 Å². The van der Waals surface area contributed by atoms with E-state index in [-0.39, 0.29) is 16.7 Å². The zero-order valence-corrected chi connectivity index (χ0v) is 14.7. The molecule has 24 heavy (non-hydrogen) atoms. The molecule has 128 valence electrons. The molecule has 0 saturated carbocycles. The van der Waals surface area contributed by atoms with Gasteiger partial charge in [0.1, 0.15) is 6.04 Å². The average Bonchev–Trinajstić information content (AvgIpc) is 3.05. The lowest BCUT2D eigenvalue weighted by Crippen LogP contribution is -2.48. The van der Waals surface area contributed by atoms with E-state index in [0.717, 1.165) is 12.0 Å². The summed E-state index contributed by atoms with van der Waals surface area (Å²) in [6.07, 6.45) is 1.27. The van der Waals surface area contributed by atoms with Crippen molar-refractivity contribution >= 4 is 35.2 Å². The van der Waals surface area contributed by atoms with Gasteiger partial charge in [-0.3, -0.25) is 9.59 Å². The van der Waals surface area contributed by atoms with Crippen LogP contribution in [0.1, 0.15) is 35.7 Å². The van der Waals surface area contributed by atoms with Crippen molar-refractivity contribution in [3.05, 3.63) is 29.3 Å². The van der Waals surface area contributed by atoms with Gasteiger partial charge in [-0.2, -0.15) is 0 Å². The van der Waals surface area contributed by atoms with Crippen molar-refractivity contribution in [2.75, 3.05) is 18.2 Å². The molecule has 1 aromatic carbocycles. The summed E-state index contributed by atoms with van der Waals surface area (Å²) < 4.78 is 4.71. The van der Waals surface area contributed by atoms with Crippen molar-refractivity contribution in [3.8, 4) is 0 Å². The lowest BCUT2D eigenvalue weighted by Gasteiger charge is -2.30. The average molecular weight is 348 g/mol. The van der Waals surface area contributed by atoms with Crippen LogP contribution in [0, 0.1) is 6.92 Å². The predicted octanol–water partition coefficient (Wildman–Crippen LogP) is 2.17. The number of amides is 2. The van der Waals surface area contributed by atoms with Gasteiger partial charge in [-0.05, 0) is 38.0 Å². The number of ether oxygens (including phenoxy) is 1. The standard InChI is InChI=1S/C17H20N2O4S/c1-10-4-5-11(16(22)23-3)8-12(10)18-15(21)13-9-24-17(2)7-6-14(20)19(13)17/h4-5,8,13H,6-7,9H2,1-3H3,(H,18,21)/t13-,17+/m0/s1. The first-order valence-corrected chi connectivity index (χ1v) is 8.80. The Balaban J connectivity index is 1.80. The van der Waals surface area contributed by atoms with Gasteiger partial charge in [0.25, 0.3) is 0 Å². The number of hydrogen-bond acceptors (Lipinski definition) is 5. The summed E-state index contributed by atoms with van der Waals surface area (Å²) in [4.78, 5) is 38.0. The number of rotatable bonds is 3. The molecule has 0 radical (unpaired) electrons. The molecule has 2 atom stereocenters. The summed E-state index contributed by atoms with van der Waals surface area (Å²) in [5, 5.41) is 2.87. The molecular formula is C17H20N2O4S. The monoisotopic (exact) mass is 348 g/mol. The number of carbonyl (C=O) groups excluding carboxylic acids is 3. The van der Waals surface area contributed by atoms with Crippen molar-refractivity contribution in [1.82, 2.24) is 4.90 Å². The third kappa shape index (κ3) is 2.77. The number of hydrogen-bond donors (Lipinski definition) is 1. The minimum Gasteiger partial charge on any atom is -0.465 e. The molecule has 0 aromatic heterocycles. The summed E-state index contributed by atoms with van der Waals surface area (Å²) in [5.41, 5.74) is 1.78.